The molecular formula is C25H35NO3S. The smallest absolute Gasteiger partial charge is 0.348 e. The van der Waals surface area contributed by atoms with Gasteiger partial charge in [-0.15, -0.1) is 11.3 Å². The number of rotatable bonds is 10. The van der Waals surface area contributed by atoms with Crippen LogP contribution in [0.3, 0.4) is 0 Å². The number of hydrogen-bond acceptors (Lipinski definition) is 5. The number of nitriles is 1. The second-order valence-corrected chi connectivity index (χ2v) is 10.2. The first kappa shape index (κ1) is 23.0. The zero-order valence-electron chi connectivity index (χ0n) is 18.3. The average molecular weight is 430 g/mol. The van der Waals surface area contributed by atoms with E-state index in [4.69, 9.17) is 4.74 Å². The minimum absolute atomic E-state index is 0.0971. The summed E-state index contributed by atoms with van der Waals surface area (Å²) in [6.07, 6.45) is 14.6. The first-order valence-electron chi connectivity index (χ1n) is 11.4. The first-order valence-corrected chi connectivity index (χ1v) is 12.3. The molecule has 1 aromatic heterocycles. The molecule has 30 heavy (non-hydrogen) atoms. The molecule has 3 rings (SSSR count). The molecule has 2 saturated carbocycles. The van der Waals surface area contributed by atoms with E-state index >= 15 is 0 Å². The van der Waals surface area contributed by atoms with Crippen LogP contribution in [0.15, 0.2) is 24.3 Å². The zero-order valence-corrected chi connectivity index (χ0v) is 19.1. The summed E-state index contributed by atoms with van der Waals surface area (Å²) in [7, 11) is 1.41. The van der Waals surface area contributed by atoms with Gasteiger partial charge in [-0.25, -0.2) is 4.79 Å². The van der Waals surface area contributed by atoms with Gasteiger partial charge in [-0.2, -0.15) is 5.26 Å². The summed E-state index contributed by atoms with van der Waals surface area (Å²) in [6, 6.07) is 6.38. The molecule has 3 unspecified atom stereocenters. The van der Waals surface area contributed by atoms with Crippen molar-refractivity contribution in [3.05, 3.63) is 34.0 Å². The first-order chi connectivity index (χ1) is 14.5. The molecule has 0 radical (unpaired) electrons. The molecular weight excluding hydrogens is 394 g/mol. The monoisotopic (exact) mass is 429 g/mol. The molecule has 0 aromatic carbocycles. The van der Waals surface area contributed by atoms with Crippen molar-refractivity contribution in [3.63, 3.8) is 0 Å². The van der Waals surface area contributed by atoms with Crippen LogP contribution in [-0.4, -0.2) is 24.3 Å². The summed E-state index contributed by atoms with van der Waals surface area (Å²) in [5.41, 5.74) is 0.137. The molecule has 1 N–H and O–H groups in total. The maximum Gasteiger partial charge on any atom is 0.348 e. The largest absolute Gasteiger partial charge is 0.465 e. The van der Waals surface area contributed by atoms with Gasteiger partial charge in [-0.05, 0) is 87.2 Å². The molecule has 0 amide bonds. The van der Waals surface area contributed by atoms with Crippen molar-refractivity contribution in [2.45, 2.75) is 77.2 Å². The maximum absolute atomic E-state index is 11.6. The molecule has 1 heterocycles. The van der Waals surface area contributed by atoms with Crippen molar-refractivity contribution < 1.29 is 14.6 Å². The number of ether oxygens (including phenoxy) is 1. The summed E-state index contributed by atoms with van der Waals surface area (Å²) in [5, 5.41) is 20.2. The van der Waals surface area contributed by atoms with Gasteiger partial charge in [-0.3, -0.25) is 0 Å². The zero-order chi connectivity index (χ0) is 21.6. The van der Waals surface area contributed by atoms with E-state index in [9.17, 15) is 15.2 Å². The average Bonchev–Trinajstić information content (AvgIpc) is 3.34. The van der Waals surface area contributed by atoms with Crippen molar-refractivity contribution in [1.29, 1.82) is 5.26 Å². The second kappa shape index (κ2) is 10.6. The van der Waals surface area contributed by atoms with Gasteiger partial charge in [0.1, 0.15) is 4.88 Å². The van der Waals surface area contributed by atoms with Gasteiger partial charge in [0.15, 0.2) is 0 Å². The Morgan fingerprint density at radius 2 is 2.23 bits per heavy atom. The Morgan fingerprint density at radius 3 is 2.87 bits per heavy atom. The van der Waals surface area contributed by atoms with Crippen LogP contribution in [0.5, 0.6) is 0 Å². The highest BCUT2D eigenvalue weighted by atomic mass is 32.1. The van der Waals surface area contributed by atoms with Crippen molar-refractivity contribution in [3.8, 4) is 6.07 Å². The van der Waals surface area contributed by atoms with E-state index in [2.05, 4.69) is 25.1 Å². The van der Waals surface area contributed by atoms with Crippen molar-refractivity contribution >= 4 is 17.3 Å². The van der Waals surface area contributed by atoms with E-state index in [1.54, 1.807) is 0 Å². The molecule has 5 heteroatoms. The number of thiophene rings is 1. The third kappa shape index (κ3) is 5.15. The van der Waals surface area contributed by atoms with Crippen molar-refractivity contribution in [1.82, 2.24) is 0 Å². The number of hydrogen-bond donors (Lipinski definition) is 1. The van der Waals surface area contributed by atoms with E-state index in [1.807, 2.05) is 12.1 Å². The maximum atomic E-state index is 11.6. The molecule has 0 bridgehead atoms. The van der Waals surface area contributed by atoms with Crippen molar-refractivity contribution in [2.75, 3.05) is 7.11 Å². The Bertz CT molecular complexity index is 768. The SMILES string of the molecule is CCC1(C(O)C/C=C/C2C(C#N)CC[C@@H]2CCCc2ccc(C(=O)OC)s2)CCC1. The minimum atomic E-state index is -0.266. The van der Waals surface area contributed by atoms with Crippen LogP contribution in [0.4, 0.5) is 0 Å². The fourth-order valence-electron chi connectivity index (χ4n) is 5.31. The minimum Gasteiger partial charge on any atom is -0.465 e. The predicted molar refractivity (Wildman–Crippen MR) is 120 cm³/mol. The third-order valence-electron chi connectivity index (χ3n) is 7.55. The number of carbonyl (C=O) groups is 1. The number of aryl methyl sites for hydroxylation is 1. The van der Waals surface area contributed by atoms with Crippen LogP contribution in [-0.2, 0) is 11.2 Å². The quantitative estimate of drug-likeness (QED) is 0.371. The highest BCUT2D eigenvalue weighted by molar-refractivity contribution is 7.13. The van der Waals surface area contributed by atoms with E-state index in [1.165, 1.54) is 29.7 Å². The predicted octanol–water partition coefficient (Wildman–Crippen LogP) is 5.91. The number of carbonyl (C=O) groups excluding carboxylic acids is 1. The normalized spacial score (nSPS) is 26.3. The second-order valence-electron chi connectivity index (χ2n) is 9.05. The standard InChI is InChI=1S/C25H35NO3S/c1-3-25(15-6-16-25)23(27)10-5-9-21-18(11-12-19(21)17-26)7-4-8-20-13-14-22(30-20)24(28)29-2/h5,9,13-14,18-19,21,23,27H,3-4,6-8,10-12,15-16H2,1-2H3/b9-5+/t18-,19?,21?,23?/m0/s1. The van der Waals surface area contributed by atoms with Gasteiger partial charge in [0.05, 0.1) is 25.2 Å². The highest BCUT2D eigenvalue weighted by Gasteiger charge is 2.41. The molecule has 2 aliphatic carbocycles. The Kier molecular flexibility index (Phi) is 8.13. The topological polar surface area (TPSA) is 70.3 Å². The summed E-state index contributed by atoms with van der Waals surface area (Å²) in [5.74, 6) is 0.667. The molecule has 164 valence electrons. The highest BCUT2D eigenvalue weighted by Crippen LogP contribution is 2.48. The van der Waals surface area contributed by atoms with Crippen LogP contribution in [0, 0.1) is 34.5 Å². The fraction of sp³-hybridized carbons (Fsp3) is 0.680. The van der Waals surface area contributed by atoms with Gasteiger partial charge < -0.3 is 9.84 Å². The third-order valence-corrected chi connectivity index (χ3v) is 8.67. The lowest BCUT2D eigenvalue weighted by Crippen LogP contribution is -2.40. The van der Waals surface area contributed by atoms with Crippen LogP contribution in [0.25, 0.3) is 0 Å². The fourth-order valence-corrected chi connectivity index (χ4v) is 6.28. The molecule has 1 aromatic rings. The van der Waals surface area contributed by atoms with E-state index in [0.717, 1.165) is 51.4 Å². The number of nitrogens with zero attached hydrogens (tertiary/aromatic N) is 1. The summed E-state index contributed by atoms with van der Waals surface area (Å²) in [4.78, 5) is 13.5. The Morgan fingerprint density at radius 1 is 1.43 bits per heavy atom. The van der Waals surface area contributed by atoms with E-state index < -0.39 is 0 Å². The van der Waals surface area contributed by atoms with Gasteiger partial charge in [0, 0.05) is 4.88 Å². The van der Waals surface area contributed by atoms with Crippen LogP contribution in [0.1, 0.15) is 79.3 Å². The van der Waals surface area contributed by atoms with Gasteiger partial charge in [-0.1, -0.05) is 25.5 Å². The lowest BCUT2D eigenvalue weighted by molar-refractivity contribution is -0.0355. The lowest BCUT2D eigenvalue weighted by atomic mass is 9.63. The molecule has 4 nitrogen and oxygen atoms in total. The molecule has 0 saturated heterocycles. The Labute approximate surface area is 184 Å². The molecule has 0 spiro atoms. The lowest BCUT2D eigenvalue weighted by Gasteiger charge is -2.45. The summed E-state index contributed by atoms with van der Waals surface area (Å²) in [6.45, 7) is 2.19. The van der Waals surface area contributed by atoms with Crippen LogP contribution in [0.2, 0.25) is 0 Å². The summed E-state index contributed by atoms with van der Waals surface area (Å²) >= 11 is 1.51. The molecule has 4 atom stereocenters. The molecule has 0 aliphatic heterocycles. The molecule has 2 fully saturated rings. The molecule has 2 aliphatic rings. The number of aliphatic hydroxyl groups is 1. The Balaban J connectivity index is 1.50. The van der Waals surface area contributed by atoms with Gasteiger partial charge in [0.25, 0.3) is 0 Å². The van der Waals surface area contributed by atoms with E-state index in [-0.39, 0.29) is 23.4 Å². The number of esters is 1. The van der Waals surface area contributed by atoms with Crippen LogP contribution >= 0.6 is 11.3 Å². The van der Waals surface area contributed by atoms with Crippen molar-refractivity contribution in [2.24, 2.45) is 23.2 Å². The van der Waals surface area contributed by atoms with Gasteiger partial charge >= 0.3 is 5.97 Å². The number of methoxy groups -OCH3 is 1. The van der Waals surface area contributed by atoms with Gasteiger partial charge in [0.2, 0.25) is 0 Å². The summed E-state index contributed by atoms with van der Waals surface area (Å²) < 4.78 is 4.78. The van der Waals surface area contributed by atoms with Crippen LogP contribution < -0.4 is 0 Å². The number of allylic oxidation sites excluding steroid dienone is 1. The Hall–Kier alpha value is -1.64. The number of aliphatic hydroxyl groups excluding tert-OH is 1. The van der Waals surface area contributed by atoms with E-state index in [0.29, 0.717) is 23.1 Å².